The van der Waals surface area contributed by atoms with Gasteiger partial charge in [0.15, 0.2) is 5.54 Å². The van der Waals surface area contributed by atoms with Crippen LogP contribution in [0.1, 0.15) is 40.0 Å². The van der Waals surface area contributed by atoms with Gasteiger partial charge in [0.05, 0.1) is 6.42 Å². The Morgan fingerprint density at radius 1 is 1.26 bits per heavy atom. The number of hydrogen-bond donors (Lipinski definition) is 1. The average Bonchev–Trinajstić information content (AvgIpc) is 2.93. The Kier molecular flexibility index (Phi) is 5.95. The molecule has 1 aliphatic carbocycles. The van der Waals surface area contributed by atoms with Gasteiger partial charge in [-0.15, -0.1) is 0 Å². The maximum absolute atomic E-state index is 13.8. The van der Waals surface area contributed by atoms with Crippen molar-refractivity contribution in [1.82, 2.24) is 10.2 Å². The molecule has 0 radical (unpaired) electrons. The molecule has 1 aliphatic rings. The third-order valence-corrected chi connectivity index (χ3v) is 3.50. The lowest BCUT2D eigenvalue weighted by Crippen LogP contribution is -2.54. The lowest BCUT2D eigenvalue weighted by atomic mass is 10.2. The summed E-state index contributed by atoms with van der Waals surface area (Å²) >= 11 is 0. The van der Waals surface area contributed by atoms with Crippen LogP contribution < -0.4 is 5.32 Å². The molecular formula is C15H26F2N2O4. The van der Waals surface area contributed by atoms with Crippen molar-refractivity contribution < 1.29 is 27.8 Å². The van der Waals surface area contributed by atoms with Crippen LogP contribution in [0.5, 0.6) is 0 Å². The third kappa shape index (κ3) is 5.02. The van der Waals surface area contributed by atoms with Gasteiger partial charge in [-0.05, 0) is 33.6 Å². The molecule has 0 bridgehead atoms. The zero-order chi connectivity index (χ0) is 17.9. The van der Waals surface area contributed by atoms with E-state index in [9.17, 15) is 18.4 Å². The number of nitrogens with zero attached hydrogens (tertiary/aromatic N) is 1. The van der Waals surface area contributed by atoms with Crippen LogP contribution in [0.25, 0.3) is 0 Å². The molecule has 0 saturated heterocycles. The summed E-state index contributed by atoms with van der Waals surface area (Å²) in [4.78, 5) is 25.3. The van der Waals surface area contributed by atoms with Crippen LogP contribution in [-0.4, -0.2) is 61.3 Å². The Balaban J connectivity index is 2.67. The van der Waals surface area contributed by atoms with E-state index in [-0.39, 0.29) is 0 Å². The molecule has 0 aromatic heterocycles. The van der Waals surface area contributed by atoms with E-state index in [2.05, 4.69) is 5.32 Å². The van der Waals surface area contributed by atoms with Gasteiger partial charge in [-0.25, -0.2) is 13.6 Å². The normalized spacial score (nSPS) is 22.4. The molecule has 2 amide bonds. The maximum atomic E-state index is 13.8. The van der Waals surface area contributed by atoms with Crippen LogP contribution >= 0.6 is 0 Å². The molecule has 1 unspecified atom stereocenters. The molecule has 0 aliphatic heterocycles. The van der Waals surface area contributed by atoms with Crippen molar-refractivity contribution in [2.75, 3.05) is 27.3 Å². The number of methoxy groups -OCH3 is 1. The van der Waals surface area contributed by atoms with Crippen LogP contribution in [0.15, 0.2) is 0 Å². The van der Waals surface area contributed by atoms with E-state index in [4.69, 9.17) is 9.47 Å². The first-order valence-corrected chi connectivity index (χ1v) is 7.59. The summed E-state index contributed by atoms with van der Waals surface area (Å²) in [5, 5.41) is 2.07. The number of ether oxygens (including phenoxy) is 2. The van der Waals surface area contributed by atoms with E-state index in [1.165, 1.54) is 11.9 Å². The summed E-state index contributed by atoms with van der Waals surface area (Å²) in [5.74, 6) is -4.06. The highest BCUT2D eigenvalue weighted by atomic mass is 19.3. The van der Waals surface area contributed by atoms with E-state index >= 15 is 0 Å². The Morgan fingerprint density at radius 3 is 2.26 bits per heavy atom. The van der Waals surface area contributed by atoms with Gasteiger partial charge in [0, 0.05) is 27.3 Å². The second kappa shape index (κ2) is 6.98. The van der Waals surface area contributed by atoms with Crippen LogP contribution in [0.3, 0.4) is 0 Å². The zero-order valence-electron chi connectivity index (χ0n) is 14.4. The average molecular weight is 336 g/mol. The van der Waals surface area contributed by atoms with E-state index < -0.39 is 35.5 Å². The molecule has 0 aromatic carbocycles. The van der Waals surface area contributed by atoms with Gasteiger partial charge in [-0.2, -0.15) is 0 Å². The fourth-order valence-electron chi connectivity index (χ4n) is 2.21. The fourth-order valence-corrected chi connectivity index (χ4v) is 2.21. The second-order valence-corrected chi connectivity index (χ2v) is 6.84. The predicted octanol–water partition coefficient (Wildman–Crippen LogP) is 2.17. The number of nitrogens with one attached hydrogen (secondary N) is 1. The minimum atomic E-state index is -3.26. The van der Waals surface area contributed by atoms with Gasteiger partial charge >= 0.3 is 6.09 Å². The van der Waals surface area contributed by atoms with Crippen molar-refractivity contribution in [1.29, 1.82) is 0 Å². The second-order valence-electron chi connectivity index (χ2n) is 6.84. The highest BCUT2D eigenvalue weighted by Gasteiger charge is 2.78. The van der Waals surface area contributed by atoms with E-state index in [0.717, 1.165) is 6.42 Å². The molecule has 0 heterocycles. The molecule has 134 valence electrons. The topological polar surface area (TPSA) is 67.9 Å². The van der Waals surface area contributed by atoms with Crippen molar-refractivity contribution >= 4 is 12.0 Å². The number of alkyl halides is 2. The monoisotopic (exact) mass is 336 g/mol. The van der Waals surface area contributed by atoms with Gasteiger partial charge in [0.2, 0.25) is 0 Å². The number of likely N-dealkylation sites (N-methyl/N-ethyl adjacent to an activating group) is 1. The van der Waals surface area contributed by atoms with E-state index in [1.54, 1.807) is 27.9 Å². The Hall–Kier alpha value is -1.44. The highest BCUT2D eigenvalue weighted by Crippen LogP contribution is 2.53. The molecule has 23 heavy (non-hydrogen) atoms. The number of rotatable bonds is 7. The van der Waals surface area contributed by atoms with Crippen molar-refractivity contribution in [3.63, 3.8) is 0 Å². The standard InChI is InChI=1S/C15H26F2N2O4/c1-13(2,3)23-12(21)18-14(10-15(14,16)17)11(20)19(4)8-6-7-9-22-5/h6-10H2,1-5H3,(H,18,21). The molecule has 6 nitrogen and oxygen atoms in total. The molecule has 0 spiro atoms. The molecule has 1 rings (SSSR count). The summed E-state index contributed by atoms with van der Waals surface area (Å²) < 4.78 is 37.4. The first-order chi connectivity index (χ1) is 10.5. The lowest BCUT2D eigenvalue weighted by Gasteiger charge is -2.26. The first kappa shape index (κ1) is 19.6. The Bertz CT molecular complexity index is 451. The third-order valence-electron chi connectivity index (χ3n) is 3.50. The molecule has 1 fully saturated rings. The van der Waals surface area contributed by atoms with Gasteiger partial charge in [-0.1, -0.05) is 0 Å². The smallest absolute Gasteiger partial charge is 0.408 e. The molecule has 1 N–H and O–H groups in total. The van der Waals surface area contributed by atoms with Crippen LogP contribution in [0.2, 0.25) is 0 Å². The van der Waals surface area contributed by atoms with Gasteiger partial charge in [0.1, 0.15) is 5.60 Å². The summed E-state index contributed by atoms with van der Waals surface area (Å²) in [6.07, 6.45) is -0.377. The number of amides is 2. The number of alkyl carbamates (subject to hydrolysis) is 1. The van der Waals surface area contributed by atoms with Gasteiger partial charge < -0.3 is 19.7 Å². The summed E-state index contributed by atoms with van der Waals surface area (Å²) in [7, 11) is 3.02. The first-order valence-electron chi connectivity index (χ1n) is 7.59. The van der Waals surface area contributed by atoms with E-state index in [1.807, 2.05) is 0 Å². The zero-order valence-corrected chi connectivity index (χ0v) is 14.4. The van der Waals surface area contributed by atoms with Crippen LogP contribution in [-0.2, 0) is 14.3 Å². The van der Waals surface area contributed by atoms with Crippen molar-refractivity contribution in [2.45, 2.75) is 57.1 Å². The van der Waals surface area contributed by atoms with E-state index in [0.29, 0.717) is 19.6 Å². The van der Waals surface area contributed by atoms with Crippen LogP contribution in [0.4, 0.5) is 13.6 Å². The maximum Gasteiger partial charge on any atom is 0.408 e. The predicted molar refractivity (Wildman–Crippen MR) is 80.4 cm³/mol. The molecule has 0 aromatic rings. The fraction of sp³-hybridized carbons (Fsp3) is 0.867. The lowest BCUT2D eigenvalue weighted by molar-refractivity contribution is -0.136. The molecule has 1 atom stereocenters. The summed E-state index contributed by atoms with van der Waals surface area (Å²) in [6.45, 7) is 5.71. The number of hydrogen-bond acceptors (Lipinski definition) is 4. The van der Waals surface area contributed by atoms with Crippen molar-refractivity contribution in [2.24, 2.45) is 0 Å². The minimum absolute atomic E-state index is 0.315. The van der Waals surface area contributed by atoms with Gasteiger partial charge in [-0.3, -0.25) is 4.79 Å². The SMILES string of the molecule is COCCCCN(C)C(=O)C1(NC(=O)OC(C)(C)C)CC1(F)F. The van der Waals surface area contributed by atoms with Crippen molar-refractivity contribution in [3.05, 3.63) is 0 Å². The number of carbonyl (C=O) groups excluding carboxylic acids is 2. The van der Waals surface area contributed by atoms with Gasteiger partial charge in [0.25, 0.3) is 11.8 Å². The quantitative estimate of drug-likeness (QED) is 0.724. The Labute approximate surface area is 135 Å². The molecule has 1 saturated carbocycles. The highest BCUT2D eigenvalue weighted by molar-refractivity contribution is 5.95. The van der Waals surface area contributed by atoms with Crippen molar-refractivity contribution in [3.8, 4) is 0 Å². The molecular weight excluding hydrogens is 310 g/mol. The minimum Gasteiger partial charge on any atom is -0.444 e. The molecule has 8 heteroatoms. The number of halogens is 2. The number of carbonyl (C=O) groups is 2. The number of unbranched alkanes of at least 4 members (excludes halogenated alkanes) is 1. The summed E-state index contributed by atoms with van der Waals surface area (Å²) in [5.41, 5.74) is -3.02. The largest absolute Gasteiger partial charge is 0.444 e. The summed E-state index contributed by atoms with van der Waals surface area (Å²) in [6, 6.07) is 0. The van der Waals surface area contributed by atoms with Crippen LogP contribution in [0, 0.1) is 0 Å². The Morgan fingerprint density at radius 2 is 1.83 bits per heavy atom.